The molecule has 0 saturated carbocycles. The van der Waals surface area contributed by atoms with E-state index in [1.54, 1.807) is 11.8 Å². The molecule has 2 rings (SSSR count). The van der Waals surface area contributed by atoms with E-state index in [1.807, 2.05) is 13.8 Å². The summed E-state index contributed by atoms with van der Waals surface area (Å²) in [6, 6.07) is -0.142. The Labute approximate surface area is 119 Å². The summed E-state index contributed by atoms with van der Waals surface area (Å²) in [5, 5.41) is 16.4. The molecule has 6 nitrogen and oxygen atoms in total. The molecule has 2 atom stereocenters. The fourth-order valence-electron chi connectivity index (χ4n) is 2.59. The highest BCUT2D eigenvalue weighted by Crippen LogP contribution is 2.23. The second-order valence-corrected chi connectivity index (χ2v) is 5.44. The predicted octanol–water partition coefficient (Wildman–Crippen LogP) is 2.17. The number of nitrogens with zero attached hydrogens (tertiary/aromatic N) is 2. The van der Waals surface area contributed by atoms with Gasteiger partial charge in [0.15, 0.2) is 5.76 Å². The summed E-state index contributed by atoms with van der Waals surface area (Å²) in [6.07, 6.45) is 2.20. The number of aliphatic hydroxyl groups excluding tert-OH is 1. The number of urea groups is 1. The molecule has 6 heteroatoms. The van der Waals surface area contributed by atoms with Gasteiger partial charge in [-0.3, -0.25) is 0 Å². The Morgan fingerprint density at radius 3 is 3.05 bits per heavy atom. The Hall–Kier alpha value is -1.56. The third-order valence-electron chi connectivity index (χ3n) is 3.91. The van der Waals surface area contributed by atoms with Crippen molar-refractivity contribution in [1.82, 2.24) is 10.1 Å². The number of piperidine rings is 1. The smallest absolute Gasteiger partial charge is 0.322 e. The van der Waals surface area contributed by atoms with Gasteiger partial charge in [-0.15, -0.1) is 0 Å². The third kappa shape index (κ3) is 3.12. The van der Waals surface area contributed by atoms with Crippen molar-refractivity contribution in [2.45, 2.75) is 46.1 Å². The van der Waals surface area contributed by atoms with Crippen LogP contribution in [-0.4, -0.2) is 40.4 Å². The molecule has 1 saturated heterocycles. The van der Waals surface area contributed by atoms with Crippen LogP contribution < -0.4 is 5.32 Å². The van der Waals surface area contributed by atoms with Crippen LogP contribution in [0.4, 0.5) is 10.5 Å². The van der Waals surface area contributed by atoms with E-state index in [4.69, 9.17) is 4.52 Å². The number of aromatic nitrogens is 1. The minimum atomic E-state index is -0.380. The van der Waals surface area contributed by atoms with Gasteiger partial charge in [0.25, 0.3) is 0 Å². The first-order chi connectivity index (χ1) is 9.52. The molecule has 0 spiro atoms. The largest absolute Gasteiger partial charge is 0.393 e. The summed E-state index contributed by atoms with van der Waals surface area (Å²) in [5.41, 5.74) is 1.37. The summed E-state index contributed by atoms with van der Waals surface area (Å²) in [7, 11) is 0. The highest BCUT2D eigenvalue weighted by Gasteiger charge is 2.27. The average molecular weight is 281 g/mol. The van der Waals surface area contributed by atoms with Gasteiger partial charge in [-0.05, 0) is 26.7 Å². The van der Waals surface area contributed by atoms with Crippen LogP contribution in [0.15, 0.2) is 4.52 Å². The van der Waals surface area contributed by atoms with Crippen LogP contribution in [0, 0.1) is 12.8 Å². The molecule has 0 aliphatic carbocycles. The number of nitrogens with one attached hydrogen (secondary N) is 1. The highest BCUT2D eigenvalue weighted by molar-refractivity contribution is 5.90. The zero-order valence-corrected chi connectivity index (χ0v) is 12.3. The van der Waals surface area contributed by atoms with E-state index in [0.717, 1.165) is 19.4 Å². The van der Waals surface area contributed by atoms with Gasteiger partial charge in [-0.2, -0.15) is 0 Å². The molecule has 1 aromatic rings. The first-order valence-electron chi connectivity index (χ1n) is 7.22. The van der Waals surface area contributed by atoms with E-state index in [0.29, 0.717) is 30.1 Å². The van der Waals surface area contributed by atoms with Crippen molar-refractivity contribution in [3.63, 3.8) is 0 Å². The van der Waals surface area contributed by atoms with Gasteiger partial charge in [0.2, 0.25) is 0 Å². The normalized spacial score (nSPS) is 20.8. The molecule has 112 valence electrons. The van der Waals surface area contributed by atoms with Crippen LogP contribution in [0.5, 0.6) is 0 Å². The minimum Gasteiger partial charge on any atom is -0.393 e. The zero-order valence-electron chi connectivity index (χ0n) is 12.3. The molecule has 2 unspecified atom stereocenters. The summed E-state index contributed by atoms with van der Waals surface area (Å²) in [5.74, 6) is 0.851. The predicted molar refractivity (Wildman–Crippen MR) is 75.6 cm³/mol. The van der Waals surface area contributed by atoms with E-state index in [-0.39, 0.29) is 18.1 Å². The van der Waals surface area contributed by atoms with Crippen LogP contribution in [-0.2, 0) is 6.42 Å². The molecule has 0 radical (unpaired) electrons. The first-order valence-corrected chi connectivity index (χ1v) is 7.22. The van der Waals surface area contributed by atoms with Crippen molar-refractivity contribution in [3.8, 4) is 0 Å². The molecule has 20 heavy (non-hydrogen) atoms. The van der Waals surface area contributed by atoms with Crippen molar-refractivity contribution in [2.75, 3.05) is 18.4 Å². The summed E-state index contributed by atoms with van der Waals surface area (Å²) in [4.78, 5) is 14.1. The molecule has 1 fully saturated rings. The van der Waals surface area contributed by atoms with Crippen molar-refractivity contribution < 1.29 is 14.4 Å². The Bertz CT molecular complexity index is 470. The zero-order chi connectivity index (χ0) is 14.7. The number of aliphatic hydroxyl groups is 1. The van der Waals surface area contributed by atoms with Gasteiger partial charge < -0.3 is 19.8 Å². The molecule has 1 aromatic heterocycles. The van der Waals surface area contributed by atoms with E-state index in [9.17, 15) is 9.90 Å². The SMILES string of the molecule is CCc1onc(C)c1NC(=O)N1CCCC(C(C)O)C1. The standard InChI is InChI=1S/C14H23N3O3/c1-4-12-13(9(2)16-20-12)15-14(19)17-7-5-6-11(8-17)10(3)18/h10-11,18H,4-8H2,1-3H3,(H,15,19). The van der Waals surface area contributed by atoms with Crippen LogP contribution >= 0.6 is 0 Å². The monoisotopic (exact) mass is 281 g/mol. The van der Waals surface area contributed by atoms with Crippen molar-refractivity contribution in [2.24, 2.45) is 5.92 Å². The number of amides is 2. The van der Waals surface area contributed by atoms with Crippen LogP contribution in [0.1, 0.15) is 38.1 Å². The lowest BCUT2D eigenvalue weighted by atomic mass is 9.94. The number of hydrogen-bond donors (Lipinski definition) is 2. The molecule has 2 amide bonds. The van der Waals surface area contributed by atoms with E-state index < -0.39 is 0 Å². The fourth-order valence-corrected chi connectivity index (χ4v) is 2.59. The van der Waals surface area contributed by atoms with E-state index in [2.05, 4.69) is 10.5 Å². The maximum atomic E-state index is 12.3. The van der Waals surface area contributed by atoms with Gasteiger partial charge in [0.1, 0.15) is 11.4 Å². The van der Waals surface area contributed by atoms with E-state index in [1.165, 1.54) is 0 Å². The number of carbonyl (C=O) groups is 1. The minimum absolute atomic E-state index is 0.142. The Morgan fingerprint density at radius 1 is 1.65 bits per heavy atom. The number of aryl methyl sites for hydroxylation is 2. The summed E-state index contributed by atoms with van der Waals surface area (Å²) >= 11 is 0. The molecular formula is C14H23N3O3. The number of carbonyl (C=O) groups excluding carboxylic acids is 1. The van der Waals surface area contributed by atoms with E-state index >= 15 is 0 Å². The lowest BCUT2D eigenvalue weighted by Crippen LogP contribution is -2.44. The van der Waals surface area contributed by atoms with Crippen LogP contribution in [0.3, 0.4) is 0 Å². The second kappa shape index (κ2) is 6.26. The van der Waals surface area contributed by atoms with Gasteiger partial charge in [-0.25, -0.2) is 4.79 Å². The average Bonchev–Trinajstić information content (AvgIpc) is 2.79. The Kier molecular flexibility index (Phi) is 4.65. The van der Waals surface area contributed by atoms with Gasteiger partial charge in [0.05, 0.1) is 6.10 Å². The molecule has 2 heterocycles. The number of likely N-dealkylation sites (tertiary alicyclic amines) is 1. The molecule has 1 aliphatic heterocycles. The first kappa shape index (κ1) is 14.8. The van der Waals surface area contributed by atoms with Crippen molar-refractivity contribution in [1.29, 1.82) is 0 Å². The number of anilines is 1. The lowest BCUT2D eigenvalue weighted by molar-refractivity contribution is 0.0766. The second-order valence-electron chi connectivity index (χ2n) is 5.44. The Balaban J connectivity index is 2.02. The lowest BCUT2D eigenvalue weighted by Gasteiger charge is -2.34. The number of rotatable bonds is 3. The molecule has 1 aliphatic rings. The fraction of sp³-hybridized carbons (Fsp3) is 0.714. The van der Waals surface area contributed by atoms with Gasteiger partial charge in [0, 0.05) is 25.4 Å². The van der Waals surface area contributed by atoms with Crippen molar-refractivity contribution >= 4 is 11.7 Å². The Morgan fingerprint density at radius 2 is 2.40 bits per heavy atom. The topological polar surface area (TPSA) is 78.6 Å². The molecule has 2 N–H and O–H groups in total. The summed E-state index contributed by atoms with van der Waals surface area (Å²) in [6.45, 7) is 6.87. The van der Waals surface area contributed by atoms with Gasteiger partial charge in [-0.1, -0.05) is 12.1 Å². The van der Waals surface area contributed by atoms with Crippen molar-refractivity contribution in [3.05, 3.63) is 11.5 Å². The number of hydrogen-bond acceptors (Lipinski definition) is 4. The van der Waals surface area contributed by atoms with Crippen LogP contribution in [0.25, 0.3) is 0 Å². The third-order valence-corrected chi connectivity index (χ3v) is 3.91. The van der Waals surface area contributed by atoms with Gasteiger partial charge >= 0.3 is 6.03 Å². The maximum Gasteiger partial charge on any atom is 0.322 e. The quantitative estimate of drug-likeness (QED) is 0.890. The molecule has 0 aromatic carbocycles. The molecular weight excluding hydrogens is 258 g/mol. The summed E-state index contributed by atoms with van der Waals surface area (Å²) < 4.78 is 5.17. The highest BCUT2D eigenvalue weighted by atomic mass is 16.5. The maximum absolute atomic E-state index is 12.3. The van der Waals surface area contributed by atoms with Crippen LogP contribution in [0.2, 0.25) is 0 Å². The molecule has 0 bridgehead atoms.